The summed E-state index contributed by atoms with van der Waals surface area (Å²) in [6.45, 7) is -0.727. The molecule has 0 aromatic heterocycles. The summed E-state index contributed by atoms with van der Waals surface area (Å²) in [7, 11) is 0. The predicted molar refractivity (Wildman–Crippen MR) is 46.8 cm³/mol. The van der Waals surface area contributed by atoms with Crippen molar-refractivity contribution in [3.63, 3.8) is 0 Å². The summed E-state index contributed by atoms with van der Waals surface area (Å²) < 4.78 is 37.3. The van der Waals surface area contributed by atoms with Gasteiger partial charge in [0.25, 0.3) is 0 Å². The van der Waals surface area contributed by atoms with Crippen molar-refractivity contribution in [2.45, 2.75) is 12.8 Å². The number of nitrogens with two attached hydrogens (primary N) is 1. The fourth-order valence-corrected chi connectivity index (χ4v) is 1.36. The summed E-state index contributed by atoms with van der Waals surface area (Å²) in [5, 5.41) is 8.13. The molecule has 1 aromatic rings. The molecule has 0 aliphatic carbocycles. The van der Waals surface area contributed by atoms with Crippen LogP contribution in [0, 0.1) is 0 Å². The fraction of sp³-hybridized carbons (Fsp3) is 0.250. The molecule has 78 valence electrons. The number of alkyl halides is 3. The molecule has 2 nitrogen and oxygen atoms in total. The SMILES string of the molecule is Nc1ccc(CO)c(C(F)(F)F)c1Cl. The molecule has 0 atom stereocenters. The number of aliphatic hydroxyl groups excluding tert-OH is 1. The van der Waals surface area contributed by atoms with Gasteiger partial charge in [0.1, 0.15) is 0 Å². The van der Waals surface area contributed by atoms with Crippen LogP contribution in [0.15, 0.2) is 12.1 Å². The molecule has 0 saturated carbocycles. The Kier molecular flexibility index (Phi) is 2.92. The normalized spacial score (nSPS) is 11.8. The van der Waals surface area contributed by atoms with Gasteiger partial charge in [-0.25, -0.2) is 0 Å². The van der Waals surface area contributed by atoms with Crippen LogP contribution in [0.3, 0.4) is 0 Å². The molecule has 0 bridgehead atoms. The van der Waals surface area contributed by atoms with Crippen molar-refractivity contribution >= 4 is 17.3 Å². The first-order chi connectivity index (χ1) is 6.38. The molecule has 0 radical (unpaired) electrons. The number of rotatable bonds is 1. The van der Waals surface area contributed by atoms with Crippen molar-refractivity contribution in [1.82, 2.24) is 0 Å². The number of hydrogen-bond donors (Lipinski definition) is 2. The largest absolute Gasteiger partial charge is 0.418 e. The molecule has 6 heteroatoms. The van der Waals surface area contributed by atoms with Crippen LogP contribution in [0.4, 0.5) is 18.9 Å². The Morgan fingerprint density at radius 1 is 1.36 bits per heavy atom. The quantitative estimate of drug-likeness (QED) is 0.721. The first-order valence-electron chi connectivity index (χ1n) is 3.63. The topological polar surface area (TPSA) is 46.2 Å². The second kappa shape index (κ2) is 3.67. The lowest BCUT2D eigenvalue weighted by Crippen LogP contribution is -2.11. The summed E-state index contributed by atoms with van der Waals surface area (Å²) in [5.41, 5.74) is 3.72. The highest BCUT2D eigenvalue weighted by atomic mass is 35.5. The lowest BCUT2D eigenvalue weighted by Gasteiger charge is -2.14. The Morgan fingerprint density at radius 2 is 1.93 bits per heavy atom. The molecule has 1 rings (SSSR count). The second-order valence-electron chi connectivity index (χ2n) is 2.66. The monoisotopic (exact) mass is 225 g/mol. The maximum atomic E-state index is 12.4. The van der Waals surface area contributed by atoms with E-state index in [9.17, 15) is 13.2 Å². The van der Waals surface area contributed by atoms with Crippen LogP contribution in [0.5, 0.6) is 0 Å². The maximum absolute atomic E-state index is 12.4. The van der Waals surface area contributed by atoms with Gasteiger partial charge < -0.3 is 10.8 Å². The van der Waals surface area contributed by atoms with Gasteiger partial charge in [-0.3, -0.25) is 0 Å². The predicted octanol–water partition coefficient (Wildman–Crippen LogP) is 2.43. The maximum Gasteiger partial charge on any atom is 0.418 e. The third-order valence-electron chi connectivity index (χ3n) is 1.71. The lowest BCUT2D eigenvalue weighted by atomic mass is 10.1. The molecule has 14 heavy (non-hydrogen) atoms. The van der Waals surface area contributed by atoms with Gasteiger partial charge in [0.15, 0.2) is 0 Å². The molecular weight excluding hydrogens is 219 g/mol. The van der Waals surface area contributed by atoms with E-state index in [0.717, 1.165) is 6.07 Å². The van der Waals surface area contributed by atoms with E-state index in [-0.39, 0.29) is 11.3 Å². The van der Waals surface area contributed by atoms with E-state index in [1.807, 2.05) is 0 Å². The summed E-state index contributed by atoms with van der Waals surface area (Å²) in [4.78, 5) is 0. The number of aliphatic hydroxyl groups is 1. The van der Waals surface area contributed by atoms with E-state index in [2.05, 4.69) is 0 Å². The number of hydrogen-bond acceptors (Lipinski definition) is 2. The molecule has 1 aromatic carbocycles. The zero-order chi connectivity index (χ0) is 10.9. The van der Waals surface area contributed by atoms with Crippen LogP contribution in [-0.4, -0.2) is 5.11 Å². The van der Waals surface area contributed by atoms with E-state index in [0.29, 0.717) is 0 Å². The molecule has 0 amide bonds. The zero-order valence-electron chi connectivity index (χ0n) is 6.90. The molecule has 0 aliphatic rings. The molecule has 0 unspecified atom stereocenters. The minimum Gasteiger partial charge on any atom is -0.398 e. The molecule has 0 aliphatic heterocycles. The van der Waals surface area contributed by atoms with Crippen LogP contribution in [-0.2, 0) is 12.8 Å². The van der Waals surface area contributed by atoms with Gasteiger partial charge in [-0.15, -0.1) is 0 Å². The van der Waals surface area contributed by atoms with Crippen molar-refractivity contribution in [1.29, 1.82) is 0 Å². The summed E-state index contributed by atoms with van der Waals surface area (Å²) in [6, 6.07) is 2.33. The Labute approximate surface area is 83.1 Å². The van der Waals surface area contributed by atoms with Gasteiger partial charge in [0.05, 0.1) is 22.9 Å². The Balaban J connectivity index is 3.44. The van der Waals surface area contributed by atoms with E-state index in [1.54, 1.807) is 0 Å². The Bertz CT molecular complexity index is 351. The highest BCUT2D eigenvalue weighted by Crippen LogP contribution is 2.39. The van der Waals surface area contributed by atoms with E-state index in [1.165, 1.54) is 6.07 Å². The number of benzene rings is 1. The van der Waals surface area contributed by atoms with Gasteiger partial charge in [-0.2, -0.15) is 13.2 Å². The highest BCUT2D eigenvalue weighted by Gasteiger charge is 2.36. The fourth-order valence-electron chi connectivity index (χ4n) is 1.07. The van der Waals surface area contributed by atoms with E-state index in [4.69, 9.17) is 22.4 Å². The van der Waals surface area contributed by atoms with Crippen molar-refractivity contribution < 1.29 is 18.3 Å². The standard InChI is InChI=1S/C8H7ClF3NO/c9-7-5(13)2-1-4(3-14)6(7)8(10,11)12/h1-2,14H,3,13H2. The molecular formula is C8H7ClF3NO. The van der Waals surface area contributed by atoms with Crippen molar-refractivity contribution in [3.8, 4) is 0 Å². The number of nitrogen functional groups attached to an aromatic ring is 1. The average Bonchev–Trinajstić information content (AvgIpc) is 2.07. The van der Waals surface area contributed by atoms with Crippen LogP contribution in [0.2, 0.25) is 5.02 Å². The van der Waals surface area contributed by atoms with Gasteiger partial charge >= 0.3 is 6.18 Å². The third-order valence-corrected chi connectivity index (χ3v) is 2.12. The smallest absolute Gasteiger partial charge is 0.398 e. The van der Waals surface area contributed by atoms with E-state index < -0.39 is 23.4 Å². The van der Waals surface area contributed by atoms with Crippen LogP contribution in [0.1, 0.15) is 11.1 Å². The van der Waals surface area contributed by atoms with Gasteiger partial charge in [0.2, 0.25) is 0 Å². The minimum absolute atomic E-state index is 0.156. The third kappa shape index (κ3) is 1.93. The first-order valence-corrected chi connectivity index (χ1v) is 4.00. The lowest BCUT2D eigenvalue weighted by molar-refractivity contribution is -0.138. The molecule has 3 N–H and O–H groups in total. The second-order valence-corrected chi connectivity index (χ2v) is 3.04. The van der Waals surface area contributed by atoms with Gasteiger partial charge in [-0.1, -0.05) is 17.7 Å². The summed E-state index contributed by atoms with van der Waals surface area (Å²) >= 11 is 5.41. The van der Waals surface area contributed by atoms with Gasteiger partial charge in [-0.05, 0) is 11.6 Å². The zero-order valence-corrected chi connectivity index (χ0v) is 7.65. The summed E-state index contributed by atoms with van der Waals surface area (Å²) in [6.07, 6.45) is -4.61. The van der Waals surface area contributed by atoms with Crippen molar-refractivity contribution in [2.75, 3.05) is 5.73 Å². The van der Waals surface area contributed by atoms with Gasteiger partial charge in [0, 0.05) is 0 Å². The Morgan fingerprint density at radius 3 is 2.36 bits per heavy atom. The number of anilines is 1. The van der Waals surface area contributed by atoms with Crippen molar-refractivity contribution in [3.05, 3.63) is 28.3 Å². The minimum atomic E-state index is -4.61. The molecule has 0 saturated heterocycles. The van der Waals surface area contributed by atoms with Crippen LogP contribution < -0.4 is 5.73 Å². The highest BCUT2D eigenvalue weighted by molar-refractivity contribution is 6.34. The Hall–Kier alpha value is -0.940. The number of halogens is 4. The van der Waals surface area contributed by atoms with Crippen molar-refractivity contribution in [2.24, 2.45) is 0 Å². The molecule has 0 spiro atoms. The van der Waals surface area contributed by atoms with Crippen LogP contribution >= 0.6 is 11.6 Å². The first kappa shape index (κ1) is 11.1. The van der Waals surface area contributed by atoms with Crippen LogP contribution in [0.25, 0.3) is 0 Å². The average molecular weight is 226 g/mol. The molecule has 0 fully saturated rings. The summed E-state index contributed by atoms with van der Waals surface area (Å²) in [5.74, 6) is 0. The van der Waals surface area contributed by atoms with E-state index >= 15 is 0 Å². The molecule has 0 heterocycles.